The molecule has 0 spiro atoms. The molecule has 1 atom stereocenters. The van der Waals surface area contributed by atoms with Crippen molar-refractivity contribution in [3.63, 3.8) is 0 Å². The SMILES string of the molecule is CN[C@@H](CC(=O)N1CCCOc2c(F)cccc21)c1ccccc1. The predicted molar refractivity (Wildman–Crippen MR) is 91.7 cm³/mol. The molecule has 0 aliphatic carbocycles. The Balaban J connectivity index is 1.83. The highest BCUT2D eigenvalue weighted by atomic mass is 19.1. The molecule has 0 saturated carbocycles. The number of nitrogens with one attached hydrogen (secondary N) is 1. The fourth-order valence-corrected chi connectivity index (χ4v) is 2.99. The van der Waals surface area contributed by atoms with Gasteiger partial charge in [0.2, 0.25) is 5.91 Å². The van der Waals surface area contributed by atoms with Gasteiger partial charge in [0.25, 0.3) is 0 Å². The van der Waals surface area contributed by atoms with Crippen molar-refractivity contribution in [3.8, 4) is 5.75 Å². The monoisotopic (exact) mass is 328 g/mol. The lowest BCUT2D eigenvalue weighted by Gasteiger charge is -2.25. The zero-order valence-corrected chi connectivity index (χ0v) is 13.7. The Morgan fingerprint density at radius 2 is 2.04 bits per heavy atom. The molecule has 2 aromatic carbocycles. The number of hydrogen-bond acceptors (Lipinski definition) is 3. The van der Waals surface area contributed by atoms with Crippen molar-refractivity contribution in [2.45, 2.75) is 18.9 Å². The van der Waals surface area contributed by atoms with Crippen LogP contribution in [0.25, 0.3) is 0 Å². The molecular formula is C19H21FN2O2. The largest absolute Gasteiger partial charge is 0.488 e. The third-order valence-electron chi connectivity index (χ3n) is 4.24. The van der Waals surface area contributed by atoms with E-state index in [4.69, 9.17) is 4.74 Å². The van der Waals surface area contributed by atoms with E-state index in [0.717, 1.165) is 5.56 Å². The van der Waals surface area contributed by atoms with Gasteiger partial charge in [-0.25, -0.2) is 4.39 Å². The summed E-state index contributed by atoms with van der Waals surface area (Å²) in [5.41, 5.74) is 1.57. The molecule has 0 bridgehead atoms. The Kier molecular flexibility index (Phi) is 5.11. The Labute approximate surface area is 141 Å². The van der Waals surface area contributed by atoms with E-state index in [2.05, 4.69) is 5.32 Å². The normalized spacial score (nSPS) is 15.2. The zero-order chi connectivity index (χ0) is 16.9. The van der Waals surface area contributed by atoms with Crippen LogP contribution in [0.3, 0.4) is 0 Å². The lowest BCUT2D eigenvalue weighted by atomic mass is 10.0. The van der Waals surface area contributed by atoms with Crippen molar-refractivity contribution >= 4 is 11.6 Å². The van der Waals surface area contributed by atoms with Crippen LogP contribution in [0.5, 0.6) is 5.75 Å². The number of rotatable bonds is 4. The summed E-state index contributed by atoms with van der Waals surface area (Å²) >= 11 is 0. The molecule has 1 heterocycles. The number of hydrogen-bond donors (Lipinski definition) is 1. The molecule has 2 aromatic rings. The molecule has 0 radical (unpaired) electrons. The summed E-state index contributed by atoms with van der Waals surface area (Å²) in [6, 6.07) is 14.5. The first-order valence-corrected chi connectivity index (χ1v) is 8.14. The van der Waals surface area contributed by atoms with Crippen LogP contribution in [-0.4, -0.2) is 26.1 Å². The van der Waals surface area contributed by atoms with Crippen LogP contribution >= 0.6 is 0 Å². The van der Waals surface area contributed by atoms with E-state index in [0.29, 0.717) is 31.7 Å². The minimum Gasteiger partial charge on any atom is -0.488 e. The molecule has 1 N–H and O–H groups in total. The topological polar surface area (TPSA) is 41.6 Å². The standard InChI is InChI=1S/C19H21FN2O2/c1-21-16(14-7-3-2-4-8-14)13-18(23)22-11-6-12-24-19-15(20)9-5-10-17(19)22/h2-5,7-10,16,21H,6,11-13H2,1H3/t16-/m0/s1. The van der Waals surface area contributed by atoms with Gasteiger partial charge >= 0.3 is 0 Å². The molecule has 126 valence electrons. The number of benzene rings is 2. The van der Waals surface area contributed by atoms with Crippen LogP contribution in [0.4, 0.5) is 10.1 Å². The Morgan fingerprint density at radius 3 is 2.79 bits per heavy atom. The van der Waals surface area contributed by atoms with Crippen molar-refractivity contribution in [3.05, 3.63) is 59.9 Å². The molecule has 1 amide bonds. The number of halogens is 1. The smallest absolute Gasteiger partial charge is 0.229 e. The second-order valence-corrected chi connectivity index (χ2v) is 5.79. The molecule has 1 aliphatic heterocycles. The fourth-order valence-electron chi connectivity index (χ4n) is 2.99. The average Bonchev–Trinajstić information content (AvgIpc) is 2.84. The molecule has 0 saturated heterocycles. The van der Waals surface area contributed by atoms with Gasteiger partial charge in [0.05, 0.1) is 12.3 Å². The van der Waals surface area contributed by atoms with Gasteiger partial charge in [-0.3, -0.25) is 4.79 Å². The van der Waals surface area contributed by atoms with Crippen molar-refractivity contribution in [1.29, 1.82) is 0 Å². The van der Waals surface area contributed by atoms with Crippen LogP contribution in [0, 0.1) is 5.82 Å². The maximum atomic E-state index is 14.0. The number of anilines is 1. The van der Waals surface area contributed by atoms with Gasteiger partial charge in [0.1, 0.15) is 0 Å². The van der Waals surface area contributed by atoms with Gasteiger partial charge in [-0.2, -0.15) is 0 Å². The quantitative estimate of drug-likeness (QED) is 0.936. The highest BCUT2D eigenvalue weighted by Gasteiger charge is 2.26. The van der Waals surface area contributed by atoms with E-state index in [1.165, 1.54) is 6.07 Å². The number of fused-ring (bicyclic) bond motifs is 1. The highest BCUT2D eigenvalue weighted by molar-refractivity contribution is 5.95. The first-order chi connectivity index (χ1) is 11.7. The van der Waals surface area contributed by atoms with E-state index >= 15 is 0 Å². The summed E-state index contributed by atoms with van der Waals surface area (Å²) in [7, 11) is 1.84. The first kappa shape index (κ1) is 16.5. The Bertz CT molecular complexity index is 706. The third kappa shape index (κ3) is 3.41. The van der Waals surface area contributed by atoms with Crippen molar-refractivity contribution in [2.24, 2.45) is 0 Å². The molecule has 3 rings (SSSR count). The number of para-hydroxylation sites is 1. The van der Waals surface area contributed by atoms with E-state index in [-0.39, 0.29) is 17.7 Å². The zero-order valence-electron chi connectivity index (χ0n) is 13.7. The molecule has 1 aliphatic rings. The molecule has 0 unspecified atom stereocenters. The molecule has 5 heteroatoms. The van der Waals surface area contributed by atoms with Gasteiger partial charge in [-0.15, -0.1) is 0 Å². The molecule has 0 fully saturated rings. The van der Waals surface area contributed by atoms with E-state index < -0.39 is 5.82 Å². The number of amides is 1. The Morgan fingerprint density at radius 1 is 1.25 bits per heavy atom. The summed E-state index contributed by atoms with van der Waals surface area (Å²) in [5, 5.41) is 3.19. The average molecular weight is 328 g/mol. The summed E-state index contributed by atoms with van der Waals surface area (Å²) in [6.07, 6.45) is 0.978. The maximum Gasteiger partial charge on any atom is 0.229 e. The second kappa shape index (κ2) is 7.45. The van der Waals surface area contributed by atoms with Gasteiger partial charge in [0, 0.05) is 19.0 Å². The molecular weight excluding hydrogens is 307 g/mol. The van der Waals surface area contributed by atoms with Crippen molar-refractivity contribution < 1.29 is 13.9 Å². The third-order valence-corrected chi connectivity index (χ3v) is 4.24. The van der Waals surface area contributed by atoms with Crippen LogP contribution in [0.1, 0.15) is 24.4 Å². The first-order valence-electron chi connectivity index (χ1n) is 8.14. The number of carbonyl (C=O) groups is 1. The van der Waals surface area contributed by atoms with Crippen LogP contribution in [0.15, 0.2) is 48.5 Å². The predicted octanol–water partition coefficient (Wildman–Crippen LogP) is 3.29. The maximum absolute atomic E-state index is 14.0. The van der Waals surface area contributed by atoms with Gasteiger partial charge in [-0.05, 0) is 31.2 Å². The minimum absolute atomic E-state index is 0.0458. The number of nitrogens with zero attached hydrogens (tertiary/aromatic N) is 1. The van der Waals surface area contributed by atoms with Crippen LogP contribution in [0.2, 0.25) is 0 Å². The van der Waals surface area contributed by atoms with E-state index in [9.17, 15) is 9.18 Å². The second-order valence-electron chi connectivity index (χ2n) is 5.79. The fraction of sp³-hybridized carbons (Fsp3) is 0.316. The van der Waals surface area contributed by atoms with Crippen molar-refractivity contribution in [1.82, 2.24) is 5.32 Å². The Hall–Kier alpha value is -2.40. The highest BCUT2D eigenvalue weighted by Crippen LogP contribution is 2.34. The summed E-state index contributed by atoms with van der Waals surface area (Å²) in [5.74, 6) is -0.306. The van der Waals surface area contributed by atoms with Gasteiger partial charge in [-0.1, -0.05) is 36.4 Å². The lowest BCUT2D eigenvalue weighted by Crippen LogP contribution is -2.34. The molecule has 0 aromatic heterocycles. The summed E-state index contributed by atoms with van der Waals surface area (Å²) < 4.78 is 19.5. The van der Waals surface area contributed by atoms with Crippen LogP contribution in [-0.2, 0) is 4.79 Å². The van der Waals surface area contributed by atoms with Crippen molar-refractivity contribution in [2.75, 3.05) is 25.1 Å². The summed E-state index contributed by atoms with van der Waals surface area (Å²) in [6.45, 7) is 0.937. The molecule has 24 heavy (non-hydrogen) atoms. The number of ether oxygens (including phenoxy) is 1. The van der Waals surface area contributed by atoms with Gasteiger partial charge in [0.15, 0.2) is 11.6 Å². The summed E-state index contributed by atoms with van der Waals surface area (Å²) in [4.78, 5) is 14.5. The number of carbonyl (C=O) groups excluding carboxylic acids is 1. The van der Waals surface area contributed by atoms with E-state index in [1.54, 1.807) is 17.0 Å². The lowest BCUT2D eigenvalue weighted by molar-refractivity contribution is -0.119. The molecule has 4 nitrogen and oxygen atoms in total. The van der Waals surface area contributed by atoms with Gasteiger partial charge < -0.3 is 15.0 Å². The minimum atomic E-state index is -0.430. The van der Waals surface area contributed by atoms with E-state index in [1.807, 2.05) is 37.4 Å². The van der Waals surface area contributed by atoms with Crippen LogP contribution < -0.4 is 15.0 Å².